The normalized spacial score (nSPS) is 11.9. The minimum Gasteiger partial charge on any atom is -0.497 e. The van der Waals surface area contributed by atoms with E-state index in [1.54, 1.807) is 0 Å². The maximum absolute atomic E-state index is 11.8. The van der Waals surface area contributed by atoms with Crippen LogP contribution >= 0.6 is 15.2 Å². The minimum absolute atomic E-state index is 0.0689. The molecule has 2 rings (SSSR count). The fourth-order valence-electron chi connectivity index (χ4n) is 2.07. The Morgan fingerprint density at radius 2 is 1.40 bits per heavy atom. The lowest BCUT2D eigenvalue weighted by Gasteiger charge is -2.16. The SMILES string of the molecule is COc1cc(Oc2cccc(OC)c2P(=O)(O)O)cc(P(=O)(O)O)c1. The van der Waals surface area contributed by atoms with Gasteiger partial charge in [0.25, 0.3) is 0 Å². The smallest absolute Gasteiger partial charge is 0.363 e. The molecule has 0 spiro atoms. The van der Waals surface area contributed by atoms with Gasteiger partial charge in [-0.25, -0.2) is 0 Å². The molecule has 25 heavy (non-hydrogen) atoms. The summed E-state index contributed by atoms with van der Waals surface area (Å²) in [7, 11) is -6.79. The summed E-state index contributed by atoms with van der Waals surface area (Å²) in [6.07, 6.45) is 0. The average molecular weight is 390 g/mol. The Labute approximate surface area is 143 Å². The van der Waals surface area contributed by atoms with Crippen molar-refractivity contribution in [3.63, 3.8) is 0 Å². The maximum atomic E-state index is 11.8. The van der Waals surface area contributed by atoms with Crippen LogP contribution in [0.1, 0.15) is 0 Å². The first-order valence-corrected chi connectivity index (χ1v) is 9.95. The molecule has 0 amide bonds. The van der Waals surface area contributed by atoms with Crippen LogP contribution in [-0.2, 0) is 9.13 Å². The van der Waals surface area contributed by atoms with Gasteiger partial charge in [-0.3, -0.25) is 9.13 Å². The molecule has 0 bridgehead atoms. The van der Waals surface area contributed by atoms with E-state index in [4.69, 9.17) is 14.2 Å². The van der Waals surface area contributed by atoms with E-state index < -0.39 is 20.5 Å². The average Bonchev–Trinajstić information content (AvgIpc) is 2.52. The van der Waals surface area contributed by atoms with Crippen molar-refractivity contribution in [3.8, 4) is 23.0 Å². The number of hydrogen-bond acceptors (Lipinski definition) is 5. The summed E-state index contributed by atoms with van der Waals surface area (Å²) in [4.78, 5) is 37.7. The molecule has 0 aliphatic rings. The van der Waals surface area contributed by atoms with Crippen molar-refractivity contribution in [2.75, 3.05) is 14.2 Å². The lowest BCUT2D eigenvalue weighted by atomic mass is 10.3. The van der Waals surface area contributed by atoms with Crippen LogP contribution in [0.25, 0.3) is 0 Å². The van der Waals surface area contributed by atoms with Crippen LogP contribution in [0.2, 0.25) is 0 Å². The largest absolute Gasteiger partial charge is 0.497 e. The molecule has 2 aromatic rings. The van der Waals surface area contributed by atoms with Crippen molar-refractivity contribution in [2.24, 2.45) is 0 Å². The first-order valence-electron chi connectivity index (χ1n) is 6.72. The monoisotopic (exact) mass is 390 g/mol. The molecule has 4 N–H and O–H groups in total. The number of methoxy groups -OCH3 is 2. The molecule has 0 fully saturated rings. The number of ether oxygens (including phenoxy) is 3. The molecule has 0 aromatic heterocycles. The second-order valence-corrected chi connectivity index (χ2v) is 8.00. The highest BCUT2D eigenvalue weighted by molar-refractivity contribution is 7.61. The molecule has 0 saturated heterocycles. The van der Waals surface area contributed by atoms with Crippen molar-refractivity contribution >= 4 is 25.8 Å². The summed E-state index contributed by atoms with van der Waals surface area (Å²) in [5, 5.41) is -0.833. The second-order valence-electron chi connectivity index (χ2n) is 4.86. The highest BCUT2D eigenvalue weighted by Crippen LogP contribution is 2.43. The van der Waals surface area contributed by atoms with E-state index in [-0.39, 0.29) is 28.3 Å². The van der Waals surface area contributed by atoms with Gasteiger partial charge < -0.3 is 33.8 Å². The van der Waals surface area contributed by atoms with Gasteiger partial charge in [-0.1, -0.05) is 6.07 Å². The molecular formula is C14H16O9P2. The molecule has 136 valence electrons. The zero-order chi connectivity index (χ0) is 18.8. The molecule has 2 aromatic carbocycles. The van der Waals surface area contributed by atoms with E-state index >= 15 is 0 Å². The molecule has 0 heterocycles. The summed E-state index contributed by atoms with van der Waals surface area (Å²) in [5.74, 6) is -0.251. The van der Waals surface area contributed by atoms with E-state index in [2.05, 4.69) is 0 Å². The van der Waals surface area contributed by atoms with E-state index in [9.17, 15) is 28.7 Å². The summed E-state index contributed by atoms with van der Waals surface area (Å²) in [6.45, 7) is 0. The van der Waals surface area contributed by atoms with Gasteiger partial charge in [0.15, 0.2) is 0 Å². The molecule has 0 radical (unpaired) electrons. The van der Waals surface area contributed by atoms with Crippen LogP contribution in [0.5, 0.6) is 23.0 Å². The fourth-order valence-corrected chi connectivity index (χ4v) is 3.52. The third kappa shape index (κ3) is 4.61. The Hall–Kier alpha value is -1.86. The third-order valence-corrected chi connectivity index (χ3v) is 5.09. The zero-order valence-corrected chi connectivity index (χ0v) is 15.0. The van der Waals surface area contributed by atoms with Gasteiger partial charge in [-0.05, 0) is 24.3 Å². The fraction of sp³-hybridized carbons (Fsp3) is 0.143. The van der Waals surface area contributed by atoms with Gasteiger partial charge in [0.1, 0.15) is 28.3 Å². The Kier molecular flexibility index (Phi) is 5.58. The van der Waals surface area contributed by atoms with Crippen molar-refractivity contribution in [1.29, 1.82) is 0 Å². The van der Waals surface area contributed by atoms with Crippen LogP contribution in [0.3, 0.4) is 0 Å². The van der Waals surface area contributed by atoms with E-state index in [1.165, 1.54) is 38.5 Å². The first-order chi connectivity index (χ1) is 11.6. The van der Waals surface area contributed by atoms with Gasteiger partial charge in [0.05, 0.1) is 19.5 Å². The molecule has 11 heteroatoms. The van der Waals surface area contributed by atoms with E-state index in [1.807, 2.05) is 0 Å². The minimum atomic E-state index is -4.74. The third-order valence-electron chi connectivity index (χ3n) is 3.14. The predicted molar refractivity (Wildman–Crippen MR) is 89.4 cm³/mol. The molecule has 0 saturated carbocycles. The van der Waals surface area contributed by atoms with Gasteiger partial charge in [-0.2, -0.15) is 0 Å². The Bertz CT molecular complexity index is 869. The second kappa shape index (κ2) is 7.17. The van der Waals surface area contributed by atoms with Crippen molar-refractivity contribution < 1.29 is 42.9 Å². The lowest BCUT2D eigenvalue weighted by Crippen LogP contribution is -2.12. The zero-order valence-electron chi connectivity index (χ0n) is 13.2. The van der Waals surface area contributed by atoms with E-state index in [0.29, 0.717) is 0 Å². The Balaban J connectivity index is 2.58. The van der Waals surface area contributed by atoms with Crippen LogP contribution in [0.4, 0.5) is 0 Å². The number of rotatable bonds is 6. The summed E-state index contributed by atoms with van der Waals surface area (Å²) in [5.41, 5.74) is 0. The van der Waals surface area contributed by atoms with Gasteiger partial charge in [-0.15, -0.1) is 0 Å². The Morgan fingerprint density at radius 3 is 1.92 bits per heavy atom. The molecule has 0 atom stereocenters. The lowest BCUT2D eigenvalue weighted by molar-refractivity contribution is 0.375. The Morgan fingerprint density at radius 1 is 0.800 bits per heavy atom. The number of hydrogen-bond donors (Lipinski definition) is 4. The molecule has 0 aliphatic heterocycles. The predicted octanol–water partition coefficient (Wildman–Crippen LogP) is 1.10. The molecule has 0 aliphatic carbocycles. The van der Waals surface area contributed by atoms with Crippen LogP contribution in [-0.4, -0.2) is 33.8 Å². The summed E-state index contributed by atoms with van der Waals surface area (Å²) < 4.78 is 38.6. The quantitative estimate of drug-likeness (QED) is 0.533. The van der Waals surface area contributed by atoms with Gasteiger partial charge >= 0.3 is 15.2 Å². The van der Waals surface area contributed by atoms with Crippen LogP contribution in [0, 0.1) is 0 Å². The van der Waals surface area contributed by atoms with Gasteiger partial charge in [0, 0.05) is 6.07 Å². The molecule has 9 nitrogen and oxygen atoms in total. The topological polar surface area (TPSA) is 143 Å². The summed E-state index contributed by atoms with van der Waals surface area (Å²) in [6, 6.07) is 7.64. The number of benzene rings is 2. The van der Waals surface area contributed by atoms with E-state index in [0.717, 1.165) is 12.1 Å². The standard InChI is InChI=1S/C14H16O9P2/c1-21-9-6-10(8-11(7-9)24(15,16)17)23-13-5-3-4-12(22-2)14(13)25(18,19)20/h3-8H,1-2H3,(H2,15,16,17)(H2,18,19,20). The van der Waals surface area contributed by atoms with Crippen LogP contribution in [0.15, 0.2) is 36.4 Å². The van der Waals surface area contributed by atoms with Crippen molar-refractivity contribution in [3.05, 3.63) is 36.4 Å². The maximum Gasteiger partial charge on any atom is 0.363 e. The van der Waals surface area contributed by atoms with Crippen LogP contribution < -0.4 is 24.8 Å². The first kappa shape index (κ1) is 19.5. The van der Waals surface area contributed by atoms with Crippen molar-refractivity contribution in [1.82, 2.24) is 0 Å². The van der Waals surface area contributed by atoms with Gasteiger partial charge in [0.2, 0.25) is 0 Å². The van der Waals surface area contributed by atoms with Crippen molar-refractivity contribution in [2.45, 2.75) is 0 Å². The molecular weight excluding hydrogens is 374 g/mol. The highest BCUT2D eigenvalue weighted by atomic mass is 31.2. The highest BCUT2D eigenvalue weighted by Gasteiger charge is 2.28. The summed E-state index contributed by atoms with van der Waals surface area (Å²) >= 11 is 0. The molecule has 0 unspecified atom stereocenters.